The number of hydrogen-bond acceptors (Lipinski definition) is 6. The molecule has 0 bridgehead atoms. The Labute approximate surface area is 238 Å². The summed E-state index contributed by atoms with van der Waals surface area (Å²) in [5, 5.41) is 0. The lowest BCUT2D eigenvalue weighted by Gasteiger charge is -2.44. The number of rotatable bonds is 7. The Balaban J connectivity index is 2.14. The molecule has 2 aromatic carbocycles. The van der Waals surface area contributed by atoms with Gasteiger partial charge in [0.05, 0.1) is 32.6 Å². The van der Waals surface area contributed by atoms with Crippen molar-refractivity contribution in [2.45, 2.75) is 62.1 Å². The van der Waals surface area contributed by atoms with E-state index in [-0.39, 0.29) is 6.61 Å². The van der Waals surface area contributed by atoms with Crippen LogP contribution in [-0.4, -0.2) is 53.3 Å². The molecular weight excluding hydrogens is 555 g/mol. The van der Waals surface area contributed by atoms with Crippen molar-refractivity contribution in [1.29, 1.82) is 0 Å². The number of nitrogens with zero attached hydrogens (tertiary/aromatic N) is 2. The van der Waals surface area contributed by atoms with Crippen LogP contribution in [0.2, 0.25) is 0 Å². The van der Waals surface area contributed by atoms with Gasteiger partial charge in [-0.2, -0.15) is 0 Å². The fourth-order valence-electron chi connectivity index (χ4n) is 4.34. The maximum absolute atomic E-state index is 13.5. The Morgan fingerprint density at radius 3 is 2.21 bits per heavy atom. The third kappa shape index (κ3) is 6.35. The molecule has 0 saturated heterocycles. The number of carbonyl (C=O) groups is 2. The normalized spacial score (nSPS) is 17.3. The lowest BCUT2D eigenvalue weighted by Crippen LogP contribution is -2.51. The monoisotopic (exact) mass is 586 g/mol. The molecule has 8 nitrogen and oxygen atoms in total. The van der Waals surface area contributed by atoms with Gasteiger partial charge in [0.15, 0.2) is 17.1 Å². The molecular formula is C27H33Cl3N2O6. The number of halogens is 3. The molecule has 0 radical (unpaired) electrons. The van der Waals surface area contributed by atoms with Crippen molar-refractivity contribution in [3.05, 3.63) is 53.6 Å². The minimum atomic E-state index is -1.86. The minimum Gasteiger partial charge on any atom is -0.493 e. The zero-order chi connectivity index (χ0) is 28.3. The number of fused-ring (bicyclic) bond motifs is 1. The summed E-state index contributed by atoms with van der Waals surface area (Å²) in [7, 11) is 3.02. The summed E-state index contributed by atoms with van der Waals surface area (Å²) >= 11 is 18.2. The Bertz CT molecular complexity index is 1140. The molecule has 1 heterocycles. The molecule has 2 unspecified atom stereocenters. The maximum atomic E-state index is 13.5. The molecule has 0 aromatic heterocycles. The summed E-state index contributed by atoms with van der Waals surface area (Å²) in [6, 6.07) is 12.2. The van der Waals surface area contributed by atoms with Crippen molar-refractivity contribution < 1.29 is 28.5 Å². The van der Waals surface area contributed by atoms with Gasteiger partial charge in [-0.1, -0.05) is 65.1 Å². The van der Waals surface area contributed by atoms with Crippen LogP contribution in [0.15, 0.2) is 42.5 Å². The molecule has 208 valence electrons. The van der Waals surface area contributed by atoms with E-state index in [2.05, 4.69) is 0 Å². The number of anilines is 1. The molecule has 0 saturated carbocycles. The molecule has 2 atom stereocenters. The van der Waals surface area contributed by atoms with Gasteiger partial charge in [-0.25, -0.2) is 9.59 Å². The number of carbonyl (C=O) groups excluding carboxylic acids is 2. The number of ether oxygens (including phenoxy) is 4. The third-order valence-corrected chi connectivity index (χ3v) is 7.82. The summed E-state index contributed by atoms with van der Waals surface area (Å²) in [4.78, 5) is 29.9. The Hall–Kier alpha value is -2.55. The zero-order valence-electron chi connectivity index (χ0n) is 22.3. The largest absolute Gasteiger partial charge is 0.493 e. The lowest BCUT2D eigenvalue weighted by molar-refractivity contribution is 0.0437. The second kappa shape index (κ2) is 12.1. The molecule has 11 heteroatoms. The quantitative estimate of drug-likeness (QED) is 0.317. The van der Waals surface area contributed by atoms with Crippen molar-refractivity contribution in [3.63, 3.8) is 0 Å². The third-order valence-electron chi connectivity index (χ3n) is 6.45. The fraction of sp³-hybridized carbons (Fsp3) is 0.481. The van der Waals surface area contributed by atoms with Crippen LogP contribution >= 0.6 is 34.8 Å². The van der Waals surface area contributed by atoms with Gasteiger partial charge >= 0.3 is 12.2 Å². The van der Waals surface area contributed by atoms with Crippen molar-refractivity contribution in [2.75, 3.05) is 25.7 Å². The van der Waals surface area contributed by atoms with Gasteiger partial charge in [0.25, 0.3) is 0 Å². The SMILES string of the molecule is CCOC(=O)N(Cc1ccccc1)C1CC(C)N(C(=O)OC(C)(C)C(Cl)(Cl)Cl)c2cc(OC)c(OC)cc21. The van der Waals surface area contributed by atoms with Crippen LogP contribution in [0.3, 0.4) is 0 Å². The summed E-state index contributed by atoms with van der Waals surface area (Å²) in [6.45, 7) is 7.18. The summed E-state index contributed by atoms with van der Waals surface area (Å²) in [5.41, 5.74) is 0.653. The Morgan fingerprint density at radius 2 is 1.66 bits per heavy atom. The number of alkyl halides is 3. The molecule has 0 spiro atoms. The van der Waals surface area contributed by atoms with E-state index < -0.39 is 33.7 Å². The number of hydrogen-bond donors (Lipinski definition) is 0. The predicted molar refractivity (Wildman–Crippen MR) is 149 cm³/mol. The summed E-state index contributed by atoms with van der Waals surface area (Å²) in [6.07, 6.45) is -0.786. The molecule has 2 amide bonds. The smallest absolute Gasteiger partial charge is 0.415 e. The highest BCUT2D eigenvalue weighted by molar-refractivity contribution is 6.68. The van der Waals surface area contributed by atoms with E-state index in [4.69, 9.17) is 53.8 Å². The van der Waals surface area contributed by atoms with E-state index in [1.165, 1.54) is 33.0 Å². The molecule has 0 aliphatic carbocycles. The van der Waals surface area contributed by atoms with E-state index in [1.54, 1.807) is 24.0 Å². The molecule has 3 rings (SSSR count). The van der Waals surface area contributed by atoms with E-state index in [1.807, 2.05) is 37.3 Å². The Kier molecular flexibility index (Phi) is 9.55. The van der Waals surface area contributed by atoms with Crippen LogP contribution in [0.1, 0.15) is 51.3 Å². The van der Waals surface area contributed by atoms with Crippen LogP contribution in [0.25, 0.3) is 0 Å². The van der Waals surface area contributed by atoms with E-state index >= 15 is 0 Å². The van der Waals surface area contributed by atoms with E-state index in [0.29, 0.717) is 35.7 Å². The average molecular weight is 588 g/mol. The van der Waals surface area contributed by atoms with Gasteiger partial charge in [-0.15, -0.1) is 0 Å². The van der Waals surface area contributed by atoms with Crippen LogP contribution in [0.4, 0.5) is 15.3 Å². The van der Waals surface area contributed by atoms with Crippen molar-refractivity contribution in [2.24, 2.45) is 0 Å². The highest BCUT2D eigenvalue weighted by atomic mass is 35.6. The number of methoxy groups -OCH3 is 2. The van der Waals surface area contributed by atoms with Crippen molar-refractivity contribution >= 4 is 52.7 Å². The number of benzene rings is 2. The first-order chi connectivity index (χ1) is 17.8. The van der Waals surface area contributed by atoms with E-state index in [0.717, 1.165) is 5.56 Å². The molecule has 1 aliphatic heterocycles. The number of amides is 2. The highest BCUT2D eigenvalue weighted by Crippen LogP contribution is 2.47. The second-order valence-corrected chi connectivity index (χ2v) is 11.7. The van der Waals surface area contributed by atoms with Gasteiger partial charge in [0.1, 0.15) is 0 Å². The first-order valence-corrected chi connectivity index (χ1v) is 13.3. The van der Waals surface area contributed by atoms with Gasteiger partial charge in [0, 0.05) is 24.2 Å². The maximum Gasteiger partial charge on any atom is 0.415 e. The lowest BCUT2D eigenvalue weighted by atomic mass is 9.90. The van der Waals surface area contributed by atoms with Crippen LogP contribution in [-0.2, 0) is 16.0 Å². The molecule has 0 fully saturated rings. The van der Waals surface area contributed by atoms with Crippen LogP contribution in [0.5, 0.6) is 11.5 Å². The van der Waals surface area contributed by atoms with E-state index in [9.17, 15) is 9.59 Å². The van der Waals surface area contributed by atoms with Crippen molar-refractivity contribution in [3.8, 4) is 11.5 Å². The molecule has 1 aliphatic rings. The summed E-state index contributed by atoms with van der Waals surface area (Å²) in [5.74, 6) is 0.854. The topological polar surface area (TPSA) is 77.5 Å². The van der Waals surface area contributed by atoms with Crippen LogP contribution < -0.4 is 14.4 Å². The average Bonchev–Trinajstić information content (AvgIpc) is 2.85. The fourth-order valence-corrected chi connectivity index (χ4v) is 4.46. The minimum absolute atomic E-state index is 0.218. The second-order valence-electron chi connectivity index (χ2n) is 9.42. The Morgan fingerprint density at radius 1 is 1.05 bits per heavy atom. The van der Waals surface area contributed by atoms with Crippen LogP contribution in [0, 0.1) is 0 Å². The van der Waals surface area contributed by atoms with Gasteiger partial charge in [-0.05, 0) is 45.7 Å². The first-order valence-electron chi connectivity index (χ1n) is 12.2. The zero-order valence-corrected chi connectivity index (χ0v) is 24.6. The van der Waals surface area contributed by atoms with Gasteiger partial charge < -0.3 is 18.9 Å². The van der Waals surface area contributed by atoms with Gasteiger partial charge in [-0.3, -0.25) is 9.80 Å². The molecule has 0 N–H and O–H groups in total. The highest BCUT2D eigenvalue weighted by Gasteiger charge is 2.47. The van der Waals surface area contributed by atoms with Crippen molar-refractivity contribution in [1.82, 2.24) is 4.90 Å². The summed E-state index contributed by atoms with van der Waals surface area (Å²) < 4.78 is 20.4. The molecule has 38 heavy (non-hydrogen) atoms. The molecule has 2 aromatic rings. The van der Waals surface area contributed by atoms with Gasteiger partial charge in [0.2, 0.25) is 3.79 Å². The first kappa shape index (κ1) is 30.0. The predicted octanol–water partition coefficient (Wildman–Crippen LogP) is 7.29. The standard InChI is InChI=1S/C27H33Cl3N2O6/c1-7-37-24(33)31(16-18-11-9-8-10-12-18)20-13-17(2)32(25(34)38-26(3,4)27(28,29)30)21-15-23(36-6)22(35-5)14-19(20)21/h8-12,14-15,17,20H,7,13,16H2,1-6H3.